The van der Waals surface area contributed by atoms with Crippen molar-refractivity contribution in [2.24, 2.45) is 0 Å². The van der Waals surface area contributed by atoms with Gasteiger partial charge in [0.2, 0.25) is 0 Å². The molecule has 4 N–H and O–H groups in total. The second kappa shape index (κ2) is 5.39. The van der Waals surface area contributed by atoms with E-state index >= 15 is 0 Å². The van der Waals surface area contributed by atoms with Crippen LogP contribution in [0, 0.1) is 0 Å². The first kappa shape index (κ1) is 15.2. The summed E-state index contributed by atoms with van der Waals surface area (Å²) in [7, 11) is 0. The fraction of sp³-hybridized carbons (Fsp3) is 0.889. The summed E-state index contributed by atoms with van der Waals surface area (Å²) in [6, 6.07) is -1.41. The molecular formula is C9H14F3NO5. The first-order chi connectivity index (χ1) is 8.18. The molecule has 1 aliphatic heterocycles. The van der Waals surface area contributed by atoms with Crippen molar-refractivity contribution >= 4 is 5.91 Å². The van der Waals surface area contributed by atoms with Crippen LogP contribution in [0.25, 0.3) is 0 Å². The molecule has 1 rings (SSSR count). The summed E-state index contributed by atoms with van der Waals surface area (Å²) in [6.07, 6.45) is -10.4. The second-order valence-corrected chi connectivity index (χ2v) is 4.04. The smallest absolute Gasteiger partial charge is 0.394 e. The van der Waals surface area contributed by atoms with Crippen molar-refractivity contribution < 1.29 is 38.0 Å². The van der Waals surface area contributed by atoms with Gasteiger partial charge < -0.3 is 25.4 Å². The molecule has 5 unspecified atom stereocenters. The molecule has 1 amide bonds. The van der Waals surface area contributed by atoms with Gasteiger partial charge >= 0.3 is 12.1 Å². The van der Waals surface area contributed by atoms with Crippen LogP contribution < -0.4 is 5.32 Å². The highest BCUT2D eigenvalue weighted by molar-refractivity contribution is 5.82. The third-order valence-corrected chi connectivity index (χ3v) is 2.73. The quantitative estimate of drug-likeness (QED) is 0.492. The molecule has 1 fully saturated rings. The molecule has 0 aliphatic carbocycles. The van der Waals surface area contributed by atoms with Crippen LogP contribution in [0.3, 0.4) is 0 Å². The van der Waals surface area contributed by atoms with E-state index in [1.165, 1.54) is 6.92 Å². The van der Waals surface area contributed by atoms with Crippen molar-refractivity contribution in [1.29, 1.82) is 0 Å². The van der Waals surface area contributed by atoms with Crippen LogP contribution in [-0.2, 0) is 9.53 Å². The van der Waals surface area contributed by atoms with Crippen LogP contribution in [0.15, 0.2) is 0 Å². The van der Waals surface area contributed by atoms with Crippen molar-refractivity contribution in [1.82, 2.24) is 5.32 Å². The molecule has 0 saturated carbocycles. The molecule has 5 atom stereocenters. The molecular weight excluding hydrogens is 259 g/mol. The van der Waals surface area contributed by atoms with Gasteiger partial charge in [0.15, 0.2) is 0 Å². The minimum atomic E-state index is -5.09. The van der Waals surface area contributed by atoms with Gasteiger partial charge in [-0.05, 0) is 6.92 Å². The van der Waals surface area contributed by atoms with Crippen molar-refractivity contribution in [3.05, 3.63) is 0 Å². The highest BCUT2D eigenvalue weighted by atomic mass is 19.4. The van der Waals surface area contributed by atoms with Gasteiger partial charge in [0, 0.05) is 0 Å². The molecule has 106 valence electrons. The van der Waals surface area contributed by atoms with Crippen LogP contribution in [0.5, 0.6) is 0 Å². The van der Waals surface area contributed by atoms with Crippen LogP contribution in [0.2, 0.25) is 0 Å². The Balaban J connectivity index is 2.74. The minimum absolute atomic E-state index is 0.595. The number of carbonyl (C=O) groups excluding carboxylic acids is 1. The van der Waals surface area contributed by atoms with E-state index in [-0.39, 0.29) is 0 Å². The van der Waals surface area contributed by atoms with Gasteiger partial charge in [0.05, 0.1) is 18.8 Å². The Hall–Kier alpha value is -0.900. The summed E-state index contributed by atoms with van der Waals surface area (Å²) >= 11 is 0. The summed E-state index contributed by atoms with van der Waals surface area (Å²) in [6.45, 7) is 0.724. The molecule has 0 aromatic heterocycles. The number of alkyl halides is 3. The summed E-state index contributed by atoms with van der Waals surface area (Å²) in [4.78, 5) is 10.7. The Morgan fingerprint density at radius 1 is 1.33 bits per heavy atom. The molecule has 6 nitrogen and oxygen atoms in total. The summed E-state index contributed by atoms with van der Waals surface area (Å²) in [5.41, 5.74) is 0. The average molecular weight is 273 g/mol. The largest absolute Gasteiger partial charge is 0.471 e. The monoisotopic (exact) mass is 273 g/mol. The molecule has 0 aromatic rings. The average Bonchev–Trinajstić information content (AvgIpc) is 2.27. The van der Waals surface area contributed by atoms with Crippen molar-refractivity contribution in [3.8, 4) is 0 Å². The molecule has 0 spiro atoms. The number of amides is 1. The zero-order valence-corrected chi connectivity index (χ0v) is 9.39. The lowest BCUT2D eigenvalue weighted by molar-refractivity contribution is -0.200. The van der Waals surface area contributed by atoms with Crippen LogP contribution >= 0.6 is 0 Å². The van der Waals surface area contributed by atoms with E-state index in [1.54, 1.807) is 5.32 Å². The van der Waals surface area contributed by atoms with E-state index in [0.29, 0.717) is 0 Å². The van der Waals surface area contributed by atoms with Gasteiger partial charge in [0.25, 0.3) is 0 Å². The fourth-order valence-corrected chi connectivity index (χ4v) is 1.74. The van der Waals surface area contributed by atoms with E-state index in [9.17, 15) is 28.2 Å². The lowest BCUT2D eigenvalue weighted by Crippen LogP contribution is -2.64. The van der Waals surface area contributed by atoms with E-state index in [1.807, 2.05) is 0 Å². The first-order valence-corrected chi connectivity index (χ1v) is 5.18. The number of aliphatic hydroxyl groups is 3. The van der Waals surface area contributed by atoms with Crippen molar-refractivity contribution in [2.75, 3.05) is 6.61 Å². The predicted molar refractivity (Wildman–Crippen MR) is 51.4 cm³/mol. The van der Waals surface area contributed by atoms with Gasteiger partial charge in [-0.1, -0.05) is 0 Å². The summed E-state index contributed by atoms with van der Waals surface area (Å²) in [5, 5.41) is 29.5. The number of carbonyl (C=O) groups is 1. The first-order valence-electron chi connectivity index (χ1n) is 5.18. The fourth-order valence-electron chi connectivity index (χ4n) is 1.74. The Kier molecular flexibility index (Phi) is 4.54. The van der Waals surface area contributed by atoms with Crippen LogP contribution in [-0.4, -0.2) is 64.5 Å². The Morgan fingerprint density at radius 3 is 2.33 bits per heavy atom. The highest BCUT2D eigenvalue weighted by Gasteiger charge is 2.47. The Morgan fingerprint density at radius 2 is 1.89 bits per heavy atom. The van der Waals surface area contributed by atoms with Crippen LogP contribution in [0.4, 0.5) is 13.2 Å². The molecule has 9 heteroatoms. The van der Waals surface area contributed by atoms with Gasteiger partial charge in [0.1, 0.15) is 18.3 Å². The molecule has 18 heavy (non-hydrogen) atoms. The van der Waals surface area contributed by atoms with Crippen molar-refractivity contribution in [3.63, 3.8) is 0 Å². The summed E-state index contributed by atoms with van der Waals surface area (Å²) < 4.78 is 41.2. The number of aliphatic hydroxyl groups excluding tert-OH is 3. The standard InChI is InChI=1S/C9H14F3NO5/c1-3-5(13-8(17)9(10,11)12)7(16)6(15)4(2-14)18-3/h3-7,14-16H,2H2,1H3,(H,13,17). The molecule has 0 aromatic carbocycles. The number of ether oxygens (including phenoxy) is 1. The van der Waals surface area contributed by atoms with Gasteiger partial charge in [-0.25, -0.2) is 0 Å². The second-order valence-electron chi connectivity index (χ2n) is 4.04. The van der Waals surface area contributed by atoms with Gasteiger partial charge in [-0.15, -0.1) is 0 Å². The molecule has 0 bridgehead atoms. The number of nitrogens with one attached hydrogen (secondary N) is 1. The van der Waals surface area contributed by atoms with E-state index in [2.05, 4.69) is 0 Å². The van der Waals surface area contributed by atoms with Crippen LogP contribution in [0.1, 0.15) is 6.92 Å². The highest BCUT2D eigenvalue weighted by Crippen LogP contribution is 2.22. The Labute approximate surface area is 100 Å². The van der Waals surface area contributed by atoms with Gasteiger partial charge in [-0.2, -0.15) is 13.2 Å². The molecule has 1 aliphatic rings. The van der Waals surface area contributed by atoms with Gasteiger partial charge in [-0.3, -0.25) is 4.79 Å². The van der Waals surface area contributed by atoms with E-state index in [0.717, 1.165) is 0 Å². The maximum absolute atomic E-state index is 12.1. The minimum Gasteiger partial charge on any atom is -0.394 e. The number of hydrogen-bond donors (Lipinski definition) is 4. The maximum atomic E-state index is 12.1. The summed E-state index contributed by atoms with van der Waals surface area (Å²) in [5.74, 6) is -2.23. The topological polar surface area (TPSA) is 99.0 Å². The number of halogens is 3. The zero-order chi connectivity index (χ0) is 14.1. The van der Waals surface area contributed by atoms with E-state index in [4.69, 9.17) is 9.84 Å². The Bertz CT molecular complexity index is 311. The number of rotatable bonds is 2. The predicted octanol–water partition coefficient (Wildman–Crippen LogP) is -1.47. The molecule has 1 saturated heterocycles. The third kappa shape index (κ3) is 3.10. The SMILES string of the molecule is CC1OC(CO)C(O)C(O)C1NC(=O)C(F)(F)F. The normalized spacial score (nSPS) is 37.4. The molecule has 1 heterocycles. The lowest BCUT2D eigenvalue weighted by Gasteiger charge is -2.41. The van der Waals surface area contributed by atoms with Crippen molar-refractivity contribution in [2.45, 2.75) is 43.6 Å². The number of hydrogen-bond acceptors (Lipinski definition) is 5. The third-order valence-electron chi connectivity index (χ3n) is 2.73. The molecule has 0 radical (unpaired) electrons. The maximum Gasteiger partial charge on any atom is 0.471 e. The van der Waals surface area contributed by atoms with E-state index < -0.39 is 49.1 Å². The lowest BCUT2D eigenvalue weighted by atomic mass is 9.93. The zero-order valence-electron chi connectivity index (χ0n) is 9.39.